The summed E-state index contributed by atoms with van der Waals surface area (Å²) in [6, 6.07) is 17.7. The van der Waals surface area contributed by atoms with Crippen molar-refractivity contribution in [2.24, 2.45) is 0 Å². The van der Waals surface area contributed by atoms with Crippen molar-refractivity contribution in [2.75, 3.05) is 20.2 Å². The minimum Gasteiger partial charge on any atom is -0.497 e. The lowest BCUT2D eigenvalue weighted by molar-refractivity contribution is -0.930. The van der Waals surface area contributed by atoms with E-state index < -0.39 is 0 Å². The van der Waals surface area contributed by atoms with E-state index in [4.69, 9.17) is 4.74 Å². The van der Waals surface area contributed by atoms with Crippen molar-refractivity contribution in [3.8, 4) is 5.75 Å². The van der Waals surface area contributed by atoms with E-state index in [1.54, 1.807) is 12.0 Å². The molecule has 0 radical (unpaired) electrons. The quantitative estimate of drug-likeness (QED) is 0.749. The number of aryl methyl sites for hydroxylation is 1. The number of methoxy groups -OCH3 is 1. The van der Waals surface area contributed by atoms with Gasteiger partial charge in [0, 0.05) is 27.7 Å². The Morgan fingerprint density at radius 2 is 1.68 bits per heavy atom. The first-order valence-electron chi connectivity index (χ1n) is 9.33. The predicted molar refractivity (Wildman–Crippen MR) is 102 cm³/mol. The van der Waals surface area contributed by atoms with Crippen LogP contribution in [0, 0.1) is 6.92 Å². The molecule has 0 amide bonds. The molecule has 3 nitrogen and oxygen atoms in total. The lowest BCUT2D eigenvalue weighted by Crippen LogP contribution is -3.13. The van der Waals surface area contributed by atoms with Gasteiger partial charge in [0.05, 0.1) is 20.2 Å². The minimum absolute atomic E-state index is 0.377. The summed E-state index contributed by atoms with van der Waals surface area (Å²) in [5.74, 6) is 0.923. The van der Waals surface area contributed by atoms with Gasteiger partial charge < -0.3 is 14.6 Å². The van der Waals surface area contributed by atoms with Crippen LogP contribution in [0.3, 0.4) is 0 Å². The van der Waals surface area contributed by atoms with Crippen molar-refractivity contribution in [1.82, 2.24) is 4.98 Å². The van der Waals surface area contributed by atoms with Crippen LogP contribution < -0.4 is 9.64 Å². The summed E-state index contributed by atoms with van der Waals surface area (Å²) in [5, 5.41) is 1.36. The Hall–Kier alpha value is -2.26. The van der Waals surface area contributed by atoms with Crippen LogP contribution in [0.5, 0.6) is 5.75 Å². The molecule has 0 aliphatic carbocycles. The standard InChI is InChI=1S/C22H26N2O/c1-16-21(19-8-4-5-9-20(19)23-16)22(24-14-6-3-7-15-24)17-10-12-18(25-2)13-11-17/h4-5,8-13,22-23H,3,6-7,14-15H2,1-2H3/p+1/t22-/m1/s1. The second-order valence-corrected chi connectivity index (χ2v) is 7.13. The van der Waals surface area contributed by atoms with Crippen LogP contribution in [0.2, 0.25) is 0 Å². The molecule has 0 unspecified atom stereocenters. The summed E-state index contributed by atoms with van der Waals surface area (Å²) >= 11 is 0. The van der Waals surface area contributed by atoms with Gasteiger partial charge in [0.25, 0.3) is 0 Å². The number of aromatic nitrogens is 1. The first-order valence-corrected chi connectivity index (χ1v) is 9.33. The number of rotatable bonds is 4. The smallest absolute Gasteiger partial charge is 0.141 e. The Balaban J connectivity index is 1.85. The summed E-state index contributed by atoms with van der Waals surface area (Å²) in [7, 11) is 1.73. The van der Waals surface area contributed by atoms with Gasteiger partial charge in [-0.3, -0.25) is 0 Å². The van der Waals surface area contributed by atoms with Crippen LogP contribution in [0.25, 0.3) is 10.9 Å². The molecule has 1 fully saturated rings. The zero-order chi connectivity index (χ0) is 17.2. The van der Waals surface area contributed by atoms with E-state index in [2.05, 4.69) is 60.4 Å². The molecule has 2 heterocycles. The highest BCUT2D eigenvalue weighted by Gasteiger charge is 2.31. The van der Waals surface area contributed by atoms with Crippen molar-refractivity contribution in [3.05, 3.63) is 65.4 Å². The fourth-order valence-electron chi connectivity index (χ4n) is 4.37. The number of likely N-dealkylation sites (tertiary alicyclic amines) is 1. The Kier molecular flexibility index (Phi) is 4.50. The van der Waals surface area contributed by atoms with E-state index in [9.17, 15) is 0 Å². The number of benzene rings is 2. The highest BCUT2D eigenvalue weighted by molar-refractivity contribution is 5.85. The van der Waals surface area contributed by atoms with Gasteiger partial charge in [-0.05, 0) is 56.5 Å². The van der Waals surface area contributed by atoms with Crippen molar-refractivity contribution in [3.63, 3.8) is 0 Å². The molecule has 1 aromatic heterocycles. The van der Waals surface area contributed by atoms with Crippen molar-refractivity contribution < 1.29 is 9.64 Å². The topological polar surface area (TPSA) is 29.5 Å². The first-order chi connectivity index (χ1) is 12.3. The molecule has 2 N–H and O–H groups in total. The van der Waals surface area contributed by atoms with Gasteiger partial charge in [-0.25, -0.2) is 0 Å². The van der Waals surface area contributed by atoms with Crippen LogP contribution >= 0.6 is 0 Å². The van der Waals surface area contributed by atoms with Gasteiger partial charge in [-0.15, -0.1) is 0 Å². The SMILES string of the molecule is COc1ccc([C@H](c2c(C)[nH]c3ccccc23)[NH+]2CCCCC2)cc1. The van der Waals surface area contributed by atoms with Gasteiger partial charge in [-0.1, -0.05) is 18.2 Å². The minimum atomic E-state index is 0.377. The lowest BCUT2D eigenvalue weighted by Gasteiger charge is -2.32. The highest BCUT2D eigenvalue weighted by atomic mass is 16.5. The third-order valence-corrected chi connectivity index (χ3v) is 5.59. The van der Waals surface area contributed by atoms with E-state index in [0.29, 0.717) is 6.04 Å². The average molecular weight is 335 g/mol. The summed E-state index contributed by atoms with van der Waals surface area (Å²) in [4.78, 5) is 5.29. The first kappa shape index (κ1) is 16.2. The van der Waals surface area contributed by atoms with Crippen LogP contribution in [0.4, 0.5) is 0 Å². The number of nitrogens with one attached hydrogen (secondary N) is 2. The zero-order valence-corrected chi connectivity index (χ0v) is 15.1. The maximum atomic E-state index is 5.37. The fraction of sp³-hybridized carbons (Fsp3) is 0.364. The van der Waals surface area contributed by atoms with E-state index in [1.807, 2.05) is 0 Å². The van der Waals surface area contributed by atoms with Gasteiger partial charge in [-0.2, -0.15) is 0 Å². The van der Waals surface area contributed by atoms with E-state index in [0.717, 1.165) is 5.75 Å². The molecule has 1 aliphatic heterocycles. The summed E-state index contributed by atoms with van der Waals surface area (Å²) < 4.78 is 5.37. The Morgan fingerprint density at radius 3 is 2.40 bits per heavy atom. The summed E-state index contributed by atoms with van der Waals surface area (Å²) in [5.41, 5.74) is 5.37. The summed E-state index contributed by atoms with van der Waals surface area (Å²) in [6.07, 6.45) is 4.01. The molecule has 1 aliphatic rings. The highest BCUT2D eigenvalue weighted by Crippen LogP contribution is 2.31. The van der Waals surface area contributed by atoms with Crippen molar-refractivity contribution in [2.45, 2.75) is 32.2 Å². The molecule has 130 valence electrons. The monoisotopic (exact) mass is 335 g/mol. The van der Waals surface area contributed by atoms with Crippen LogP contribution in [-0.4, -0.2) is 25.2 Å². The fourth-order valence-corrected chi connectivity index (χ4v) is 4.37. The number of para-hydroxylation sites is 1. The second-order valence-electron chi connectivity index (χ2n) is 7.13. The number of hydrogen-bond acceptors (Lipinski definition) is 1. The maximum absolute atomic E-state index is 5.37. The number of H-pyrrole nitrogens is 1. The number of aromatic amines is 1. The number of fused-ring (bicyclic) bond motifs is 1. The van der Waals surface area contributed by atoms with Crippen LogP contribution in [-0.2, 0) is 0 Å². The molecule has 3 aromatic rings. The molecule has 0 saturated carbocycles. The molecule has 25 heavy (non-hydrogen) atoms. The molecule has 0 spiro atoms. The third kappa shape index (κ3) is 3.05. The normalized spacial score (nSPS) is 16.9. The van der Waals surface area contributed by atoms with Gasteiger partial charge in [0.1, 0.15) is 11.8 Å². The number of ether oxygens (including phenoxy) is 1. The predicted octanol–water partition coefficient (Wildman–Crippen LogP) is 3.64. The number of piperidine rings is 1. The Morgan fingerprint density at radius 1 is 0.960 bits per heavy atom. The van der Waals surface area contributed by atoms with Gasteiger partial charge in [0.15, 0.2) is 0 Å². The molecular weight excluding hydrogens is 308 g/mol. The molecule has 4 rings (SSSR count). The number of hydrogen-bond donors (Lipinski definition) is 2. The van der Waals surface area contributed by atoms with Gasteiger partial charge >= 0.3 is 0 Å². The zero-order valence-electron chi connectivity index (χ0n) is 15.1. The molecule has 0 bridgehead atoms. The van der Waals surface area contributed by atoms with Crippen molar-refractivity contribution in [1.29, 1.82) is 0 Å². The average Bonchev–Trinajstić information content (AvgIpc) is 3.00. The largest absolute Gasteiger partial charge is 0.497 e. The maximum Gasteiger partial charge on any atom is 0.141 e. The van der Waals surface area contributed by atoms with Crippen molar-refractivity contribution >= 4 is 10.9 Å². The van der Waals surface area contributed by atoms with Crippen LogP contribution in [0.15, 0.2) is 48.5 Å². The van der Waals surface area contributed by atoms with E-state index in [1.165, 1.54) is 60.1 Å². The molecule has 2 aromatic carbocycles. The number of quaternary nitrogens is 1. The van der Waals surface area contributed by atoms with E-state index >= 15 is 0 Å². The second kappa shape index (κ2) is 6.93. The summed E-state index contributed by atoms with van der Waals surface area (Å²) in [6.45, 7) is 4.71. The van der Waals surface area contributed by atoms with Gasteiger partial charge in [0.2, 0.25) is 0 Å². The Labute approximate surface area is 149 Å². The third-order valence-electron chi connectivity index (χ3n) is 5.59. The molecule has 1 saturated heterocycles. The molecular formula is C22H27N2O+. The molecule has 3 heteroatoms. The molecule has 1 atom stereocenters. The van der Waals surface area contributed by atoms with Crippen LogP contribution in [0.1, 0.15) is 42.1 Å². The van der Waals surface area contributed by atoms with E-state index in [-0.39, 0.29) is 0 Å². The lowest BCUT2D eigenvalue weighted by atomic mass is 9.93. The Bertz CT molecular complexity index is 844.